The van der Waals surface area contributed by atoms with Crippen LogP contribution in [0.2, 0.25) is 0 Å². The van der Waals surface area contributed by atoms with Gasteiger partial charge in [-0.3, -0.25) is 4.57 Å². The van der Waals surface area contributed by atoms with Crippen LogP contribution in [-0.2, 0) is 4.57 Å². The van der Waals surface area contributed by atoms with Crippen molar-refractivity contribution in [2.45, 2.75) is 37.0 Å². The molecule has 1 aliphatic rings. The number of aliphatic hydroxyl groups is 4. The maximum absolute atomic E-state index is 13.6. The van der Waals surface area contributed by atoms with Gasteiger partial charge in [0.25, 0.3) is 0 Å². The van der Waals surface area contributed by atoms with E-state index in [1.807, 2.05) is 0 Å². The van der Waals surface area contributed by atoms with Crippen LogP contribution >= 0.6 is 7.60 Å². The molecule has 6 N–H and O–H groups in total. The second-order valence-corrected chi connectivity index (χ2v) is 6.02. The summed E-state index contributed by atoms with van der Waals surface area (Å²) < 4.78 is 24.2. The number of alkyl halides is 1. The first kappa shape index (κ1) is 15.0. The van der Waals surface area contributed by atoms with Gasteiger partial charge in [-0.25, -0.2) is 4.39 Å². The highest BCUT2D eigenvalue weighted by Gasteiger charge is 2.49. The Morgan fingerprint density at radius 2 is 1.41 bits per heavy atom. The summed E-state index contributed by atoms with van der Waals surface area (Å²) in [5.74, 6) is -1.32. The van der Waals surface area contributed by atoms with Crippen molar-refractivity contribution in [3.63, 3.8) is 0 Å². The van der Waals surface area contributed by atoms with E-state index in [-0.39, 0.29) is 0 Å². The van der Waals surface area contributed by atoms with Gasteiger partial charge in [-0.15, -0.1) is 0 Å². The van der Waals surface area contributed by atoms with Gasteiger partial charge in [0.2, 0.25) is 0 Å². The fourth-order valence-electron chi connectivity index (χ4n) is 1.93. The molecular formula is C8H16FO7P. The van der Waals surface area contributed by atoms with Gasteiger partial charge >= 0.3 is 7.60 Å². The molecule has 0 radical (unpaired) electrons. The summed E-state index contributed by atoms with van der Waals surface area (Å²) in [5, 5.41) is 37.2. The summed E-state index contributed by atoms with van der Waals surface area (Å²) in [4.78, 5) is 17.3. The Bertz CT molecular complexity index is 292. The lowest BCUT2D eigenvalue weighted by atomic mass is 9.78. The van der Waals surface area contributed by atoms with Crippen molar-refractivity contribution in [1.82, 2.24) is 0 Å². The molecule has 0 aromatic rings. The molecule has 1 rings (SSSR count). The molecule has 0 heterocycles. The molecule has 0 amide bonds. The third-order valence-electron chi connectivity index (χ3n) is 2.98. The van der Waals surface area contributed by atoms with Crippen molar-refractivity contribution in [1.29, 1.82) is 0 Å². The van der Waals surface area contributed by atoms with Crippen LogP contribution in [0.4, 0.5) is 4.39 Å². The Morgan fingerprint density at radius 3 is 1.88 bits per heavy atom. The quantitative estimate of drug-likeness (QED) is 0.326. The van der Waals surface area contributed by atoms with Crippen LogP contribution in [0.5, 0.6) is 0 Å². The Balaban J connectivity index is 2.73. The van der Waals surface area contributed by atoms with E-state index in [1.54, 1.807) is 0 Å². The summed E-state index contributed by atoms with van der Waals surface area (Å²) >= 11 is 0. The standard InChI is InChI=1S/C8H16FO7P/c9-4-3(1-2-17(14,15)16)5(10)7(12)8(13)6(4)11/h3-8,10-13H,1-2H2,(H2,14,15,16)/t3-,4?,5+,6-,7-,8+/m0/s1. The Labute approximate surface area is 96.7 Å². The van der Waals surface area contributed by atoms with Crippen molar-refractivity contribution >= 4 is 7.60 Å². The number of halogens is 1. The van der Waals surface area contributed by atoms with Gasteiger partial charge < -0.3 is 30.2 Å². The van der Waals surface area contributed by atoms with E-state index in [0.717, 1.165) is 0 Å². The highest BCUT2D eigenvalue weighted by Crippen LogP contribution is 2.39. The van der Waals surface area contributed by atoms with Crippen LogP contribution in [-0.4, -0.2) is 67.0 Å². The molecule has 0 spiro atoms. The van der Waals surface area contributed by atoms with Crippen LogP contribution in [0.3, 0.4) is 0 Å². The third-order valence-corrected chi connectivity index (χ3v) is 3.82. The Morgan fingerprint density at radius 1 is 0.941 bits per heavy atom. The minimum atomic E-state index is -4.34. The number of hydrogen-bond acceptors (Lipinski definition) is 5. The summed E-state index contributed by atoms with van der Waals surface area (Å²) in [6, 6.07) is 0. The molecule has 6 atom stereocenters. The lowest BCUT2D eigenvalue weighted by molar-refractivity contribution is -0.187. The van der Waals surface area contributed by atoms with Gasteiger partial charge in [-0.1, -0.05) is 0 Å². The average Bonchev–Trinajstić information content (AvgIpc) is 2.22. The van der Waals surface area contributed by atoms with Gasteiger partial charge in [0.15, 0.2) is 0 Å². The fourth-order valence-corrected chi connectivity index (χ4v) is 2.57. The van der Waals surface area contributed by atoms with Crippen LogP contribution < -0.4 is 0 Å². The monoisotopic (exact) mass is 274 g/mol. The molecule has 1 saturated carbocycles. The van der Waals surface area contributed by atoms with E-state index in [1.165, 1.54) is 0 Å². The van der Waals surface area contributed by atoms with E-state index in [4.69, 9.17) is 9.79 Å². The zero-order valence-corrected chi connectivity index (χ0v) is 9.69. The van der Waals surface area contributed by atoms with E-state index in [2.05, 4.69) is 0 Å². The molecule has 0 aromatic carbocycles. The second kappa shape index (κ2) is 5.27. The molecule has 17 heavy (non-hydrogen) atoms. The van der Waals surface area contributed by atoms with Crippen molar-refractivity contribution in [2.75, 3.05) is 6.16 Å². The first-order valence-corrected chi connectivity index (χ1v) is 6.86. The summed E-state index contributed by atoms with van der Waals surface area (Å²) in [7, 11) is -4.34. The molecule has 0 aliphatic heterocycles. The molecular weight excluding hydrogens is 258 g/mol. The fraction of sp³-hybridized carbons (Fsp3) is 1.00. The van der Waals surface area contributed by atoms with Crippen molar-refractivity contribution < 1.29 is 39.2 Å². The van der Waals surface area contributed by atoms with E-state index >= 15 is 0 Å². The average molecular weight is 274 g/mol. The molecule has 1 fully saturated rings. The molecule has 0 aromatic heterocycles. The normalized spacial score (nSPS) is 43.7. The van der Waals surface area contributed by atoms with Crippen LogP contribution in [0.1, 0.15) is 6.42 Å². The van der Waals surface area contributed by atoms with Gasteiger partial charge in [-0.2, -0.15) is 0 Å². The maximum Gasteiger partial charge on any atom is 0.325 e. The number of aliphatic hydroxyl groups excluding tert-OH is 4. The van der Waals surface area contributed by atoms with Crippen molar-refractivity contribution in [2.24, 2.45) is 5.92 Å². The van der Waals surface area contributed by atoms with E-state index < -0.39 is 56.7 Å². The number of hydrogen-bond donors (Lipinski definition) is 6. The first-order chi connectivity index (χ1) is 7.65. The predicted molar refractivity (Wildman–Crippen MR) is 53.9 cm³/mol. The highest BCUT2D eigenvalue weighted by atomic mass is 31.2. The molecule has 0 saturated heterocycles. The molecule has 0 bridgehead atoms. The molecule has 7 nitrogen and oxygen atoms in total. The minimum Gasteiger partial charge on any atom is -0.390 e. The van der Waals surface area contributed by atoms with E-state index in [9.17, 15) is 29.4 Å². The van der Waals surface area contributed by atoms with Gasteiger partial charge in [0.05, 0.1) is 12.3 Å². The Kier molecular flexibility index (Phi) is 4.65. The van der Waals surface area contributed by atoms with Crippen molar-refractivity contribution in [3.05, 3.63) is 0 Å². The van der Waals surface area contributed by atoms with Crippen LogP contribution in [0, 0.1) is 5.92 Å². The first-order valence-electron chi connectivity index (χ1n) is 5.06. The van der Waals surface area contributed by atoms with Crippen LogP contribution in [0.15, 0.2) is 0 Å². The maximum atomic E-state index is 13.6. The molecule has 1 aliphatic carbocycles. The van der Waals surface area contributed by atoms with Crippen molar-refractivity contribution in [3.8, 4) is 0 Å². The zero-order valence-electron chi connectivity index (χ0n) is 8.80. The van der Waals surface area contributed by atoms with Gasteiger partial charge in [0, 0.05) is 5.92 Å². The highest BCUT2D eigenvalue weighted by molar-refractivity contribution is 7.51. The second-order valence-electron chi connectivity index (χ2n) is 4.25. The SMILES string of the molecule is O=P(O)(O)CC[C@H]1C(F)[C@H](O)[C@@H](O)[C@@H](O)[C@@H]1O. The van der Waals surface area contributed by atoms with E-state index in [0.29, 0.717) is 0 Å². The summed E-state index contributed by atoms with van der Waals surface area (Å²) in [6.07, 6.45) is -10.2. The van der Waals surface area contributed by atoms with Gasteiger partial charge in [-0.05, 0) is 6.42 Å². The largest absolute Gasteiger partial charge is 0.390 e. The third kappa shape index (κ3) is 3.45. The molecule has 9 heteroatoms. The zero-order chi connectivity index (χ0) is 13.4. The van der Waals surface area contributed by atoms with Gasteiger partial charge in [0.1, 0.15) is 24.5 Å². The predicted octanol–water partition coefficient (Wildman–Crippen LogP) is -2.03. The smallest absolute Gasteiger partial charge is 0.325 e. The lowest BCUT2D eigenvalue weighted by Crippen LogP contribution is -2.59. The molecule has 1 unspecified atom stereocenters. The molecule has 102 valence electrons. The topological polar surface area (TPSA) is 138 Å². The van der Waals surface area contributed by atoms with Crippen LogP contribution in [0.25, 0.3) is 0 Å². The lowest BCUT2D eigenvalue weighted by Gasteiger charge is -2.40. The minimum absolute atomic E-state index is 0.395. The summed E-state index contributed by atoms with van der Waals surface area (Å²) in [6.45, 7) is 0. The summed E-state index contributed by atoms with van der Waals surface area (Å²) in [5.41, 5.74) is 0. The Hall–Kier alpha value is -0.0800. The number of rotatable bonds is 3.